The zero-order chi connectivity index (χ0) is 14.3. The van der Waals surface area contributed by atoms with Crippen LogP contribution in [0.1, 0.15) is 42.5 Å². The van der Waals surface area contributed by atoms with E-state index in [0.29, 0.717) is 27.9 Å². The van der Waals surface area contributed by atoms with Gasteiger partial charge in [0, 0.05) is 18.0 Å². The van der Waals surface area contributed by atoms with Crippen molar-refractivity contribution in [2.75, 3.05) is 0 Å². The molecule has 1 saturated heterocycles. The Morgan fingerprint density at radius 2 is 1.90 bits per heavy atom. The van der Waals surface area contributed by atoms with Crippen LogP contribution < -0.4 is 0 Å². The smallest absolute Gasteiger partial charge is 0.260 e. The van der Waals surface area contributed by atoms with E-state index in [1.807, 2.05) is 0 Å². The molecule has 2 fully saturated rings. The normalized spacial score (nSPS) is 25.7. The molecule has 1 aliphatic heterocycles. The number of carbonyl (C=O) groups excluding carboxylic acids is 2. The van der Waals surface area contributed by atoms with Gasteiger partial charge in [0.05, 0.1) is 10.0 Å². The van der Waals surface area contributed by atoms with Gasteiger partial charge in [-0.05, 0) is 37.0 Å². The second-order valence-corrected chi connectivity index (χ2v) is 6.33. The number of nitrogens with zero attached hydrogens (tertiary/aromatic N) is 1. The molecule has 20 heavy (non-hydrogen) atoms. The van der Waals surface area contributed by atoms with Gasteiger partial charge in [-0.15, -0.1) is 0 Å². The highest BCUT2D eigenvalue weighted by Gasteiger charge is 2.44. The molecule has 2 unspecified atom stereocenters. The maximum atomic E-state index is 12.6. The highest BCUT2D eigenvalue weighted by Crippen LogP contribution is 2.38. The predicted molar refractivity (Wildman–Crippen MR) is 78.0 cm³/mol. The third kappa shape index (κ3) is 2.33. The van der Waals surface area contributed by atoms with E-state index in [0.717, 1.165) is 25.7 Å². The van der Waals surface area contributed by atoms with E-state index < -0.39 is 0 Å². The summed E-state index contributed by atoms with van der Waals surface area (Å²) in [6.45, 7) is 0. The molecule has 106 valence electrons. The minimum atomic E-state index is -0.247. The van der Waals surface area contributed by atoms with Crippen molar-refractivity contribution < 1.29 is 9.59 Å². The highest BCUT2D eigenvalue weighted by atomic mass is 35.5. The second kappa shape index (κ2) is 5.38. The average Bonchev–Trinajstić information content (AvgIpc) is 2.77. The summed E-state index contributed by atoms with van der Waals surface area (Å²) >= 11 is 11.8. The van der Waals surface area contributed by atoms with Gasteiger partial charge in [0.2, 0.25) is 5.91 Å². The SMILES string of the molecule is O=C1CC2CCCCC2N1C(=O)c1ccc(Cl)c(Cl)c1. The minimum Gasteiger partial charge on any atom is -0.275 e. The average molecular weight is 312 g/mol. The zero-order valence-corrected chi connectivity index (χ0v) is 12.5. The van der Waals surface area contributed by atoms with E-state index in [-0.39, 0.29) is 17.9 Å². The van der Waals surface area contributed by atoms with Crippen LogP contribution in [0, 0.1) is 5.92 Å². The van der Waals surface area contributed by atoms with E-state index >= 15 is 0 Å². The Labute approximate surface area is 127 Å². The summed E-state index contributed by atoms with van der Waals surface area (Å²) in [5.74, 6) is 0.0314. The van der Waals surface area contributed by atoms with E-state index in [4.69, 9.17) is 23.2 Å². The number of likely N-dealkylation sites (tertiary alicyclic amines) is 1. The Balaban J connectivity index is 1.89. The third-order valence-corrected chi connectivity index (χ3v) is 5.03. The Morgan fingerprint density at radius 3 is 2.65 bits per heavy atom. The number of carbonyl (C=O) groups is 2. The molecular formula is C15H15Cl2NO2. The lowest BCUT2D eigenvalue weighted by atomic mass is 9.85. The summed E-state index contributed by atoms with van der Waals surface area (Å²) in [5.41, 5.74) is 0.430. The number of amides is 2. The fourth-order valence-corrected chi connectivity index (χ4v) is 3.60. The molecule has 1 aromatic rings. The molecular weight excluding hydrogens is 297 g/mol. The summed E-state index contributed by atoms with van der Waals surface area (Å²) in [6.07, 6.45) is 4.70. The van der Waals surface area contributed by atoms with Gasteiger partial charge in [-0.1, -0.05) is 36.0 Å². The van der Waals surface area contributed by atoms with Gasteiger partial charge < -0.3 is 0 Å². The Morgan fingerprint density at radius 1 is 1.15 bits per heavy atom. The molecule has 2 atom stereocenters. The summed E-state index contributed by atoms with van der Waals surface area (Å²) in [7, 11) is 0. The van der Waals surface area contributed by atoms with Crippen LogP contribution in [0.3, 0.4) is 0 Å². The monoisotopic (exact) mass is 311 g/mol. The molecule has 1 heterocycles. The van der Waals surface area contributed by atoms with Crippen LogP contribution in [0.4, 0.5) is 0 Å². The van der Waals surface area contributed by atoms with Crippen molar-refractivity contribution in [3.8, 4) is 0 Å². The lowest BCUT2D eigenvalue weighted by molar-refractivity contribution is -0.126. The number of rotatable bonds is 1. The largest absolute Gasteiger partial charge is 0.275 e. The van der Waals surface area contributed by atoms with Crippen LogP contribution in [0.5, 0.6) is 0 Å². The van der Waals surface area contributed by atoms with Crippen molar-refractivity contribution in [2.24, 2.45) is 5.92 Å². The second-order valence-electron chi connectivity index (χ2n) is 5.51. The maximum absolute atomic E-state index is 12.6. The molecule has 2 aliphatic rings. The van der Waals surface area contributed by atoms with Crippen LogP contribution in [-0.4, -0.2) is 22.8 Å². The summed E-state index contributed by atoms with van der Waals surface area (Å²) in [5, 5.41) is 0.746. The van der Waals surface area contributed by atoms with Crippen LogP contribution in [0.25, 0.3) is 0 Å². The van der Waals surface area contributed by atoms with Crippen molar-refractivity contribution >= 4 is 35.0 Å². The van der Waals surface area contributed by atoms with E-state index in [2.05, 4.69) is 0 Å². The lowest BCUT2D eigenvalue weighted by Gasteiger charge is -2.30. The van der Waals surface area contributed by atoms with Crippen molar-refractivity contribution in [3.05, 3.63) is 33.8 Å². The highest BCUT2D eigenvalue weighted by molar-refractivity contribution is 6.42. The van der Waals surface area contributed by atoms with Crippen LogP contribution >= 0.6 is 23.2 Å². The number of hydrogen-bond acceptors (Lipinski definition) is 2. The first-order valence-electron chi connectivity index (χ1n) is 6.89. The minimum absolute atomic E-state index is 0.0574. The van der Waals surface area contributed by atoms with Crippen LogP contribution in [0.2, 0.25) is 10.0 Å². The molecule has 0 aromatic heterocycles. The van der Waals surface area contributed by atoms with Crippen molar-refractivity contribution in [2.45, 2.75) is 38.1 Å². The van der Waals surface area contributed by atoms with E-state index in [9.17, 15) is 9.59 Å². The molecule has 0 bridgehead atoms. The van der Waals surface area contributed by atoms with Gasteiger partial charge in [-0.3, -0.25) is 14.5 Å². The number of hydrogen-bond donors (Lipinski definition) is 0. The van der Waals surface area contributed by atoms with Crippen LogP contribution in [0.15, 0.2) is 18.2 Å². The van der Waals surface area contributed by atoms with Gasteiger partial charge in [0.15, 0.2) is 0 Å². The zero-order valence-electron chi connectivity index (χ0n) is 10.9. The van der Waals surface area contributed by atoms with Crippen molar-refractivity contribution in [1.82, 2.24) is 4.90 Å². The fourth-order valence-electron chi connectivity index (χ4n) is 3.31. The first-order valence-corrected chi connectivity index (χ1v) is 7.65. The Hall–Kier alpha value is -1.06. The molecule has 1 aliphatic carbocycles. The molecule has 3 nitrogen and oxygen atoms in total. The predicted octanol–water partition coefficient (Wildman–Crippen LogP) is 3.92. The van der Waals surface area contributed by atoms with Gasteiger partial charge >= 0.3 is 0 Å². The molecule has 1 aromatic carbocycles. The summed E-state index contributed by atoms with van der Waals surface area (Å²) < 4.78 is 0. The van der Waals surface area contributed by atoms with Crippen molar-refractivity contribution in [3.63, 3.8) is 0 Å². The molecule has 5 heteroatoms. The van der Waals surface area contributed by atoms with Crippen molar-refractivity contribution in [1.29, 1.82) is 0 Å². The first kappa shape index (κ1) is 13.9. The number of imide groups is 1. The van der Waals surface area contributed by atoms with Gasteiger partial charge in [-0.25, -0.2) is 0 Å². The van der Waals surface area contributed by atoms with Gasteiger partial charge in [-0.2, -0.15) is 0 Å². The maximum Gasteiger partial charge on any atom is 0.260 e. The quantitative estimate of drug-likeness (QED) is 0.737. The standard InChI is InChI=1S/C15H15Cl2NO2/c16-11-6-5-10(7-12(11)17)15(20)18-13-4-2-1-3-9(13)8-14(18)19/h5-7,9,13H,1-4,8H2. The van der Waals surface area contributed by atoms with Crippen LogP contribution in [-0.2, 0) is 4.79 Å². The third-order valence-electron chi connectivity index (χ3n) is 4.29. The summed E-state index contributed by atoms with van der Waals surface area (Å²) in [4.78, 5) is 26.2. The van der Waals surface area contributed by atoms with E-state index in [1.165, 1.54) is 11.0 Å². The molecule has 0 N–H and O–H groups in total. The van der Waals surface area contributed by atoms with Gasteiger partial charge in [0.1, 0.15) is 0 Å². The Bertz CT molecular complexity index is 573. The number of halogens is 2. The fraction of sp³-hybridized carbons (Fsp3) is 0.467. The molecule has 2 amide bonds. The Kier molecular flexibility index (Phi) is 3.74. The summed E-state index contributed by atoms with van der Waals surface area (Å²) in [6, 6.07) is 4.82. The molecule has 3 rings (SSSR count). The van der Waals surface area contributed by atoms with E-state index in [1.54, 1.807) is 12.1 Å². The molecule has 1 saturated carbocycles. The first-order chi connectivity index (χ1) is 9.58. The topological polar surface area (TPSA) is 37.4 Å². The number of fused-ring (bicyclic) bond motifs is 1. The molecule has 0 radical (unpaired) electrons. The van der Waals surface area contributed by atoms with Gasteiger partial charge in [0.25, 0.3) is 5.91 Å². The molecule has 0 spiro atoms. The lowest BCUT2D eigenvalue weighted by Crippen LogP contribution is -2.41. The number of benzene rings is 1.